The first-order valence-electron chi connectivity index (χ1n) is 11.0. The number of hydrogen-bond acceptors (Lipinski definition) is 3. The molecule has 0 bridgehead atoms. The molecule has 2 N–H and O–H groups in total. The zero-order valence-corrected chi connectivity index (χ0v) is 17.6. The van der Waals surface area contributed by atoms with E-state index in [2.05, 4.69) is 46.8 Å². The van der Waals surface area contributed by atoms with Gasteiger partial charge in [-0.1, -0.05) is 42.7 Å². The van der Waals surface area contributed by atoms with Gasteiger partial charge in [-0.05, 0) is 44.6 Å². The molecule has 2 aliphatic rings. The summed E-state index contributed by atoms with van der Waals surface area (Å²) in [5, 5.41) is 6.91. The minimum atomic E-state index is 0.166. The highest BCUT2D eigenvalue weighted by Gasteiger charge is 2.27. The molecule has 2 atom stereocenters. The SMILES string of the molecule is CN=C(NCCCOC1CCCC1)NCC1CCCOC1c1ccc(C)cc1. The molecule has 5 heteroatoms. The van der Waals surface area contributed by atoms with E-state index in [1.165, 1.54) is 43.2 Å². The van der Waals surface area contributed by atoms with Gasteiger partial charge in [0, 0.05) is 39.3 Å². The van der Waals surface area contributed by atoms with Crippen LogP contribution in [0.2, 0.25) is 0 Å². The van der Waals surface area contributed by atoms with Gasteiger partial charge in [0.05, 0.1) is 12.2 Å². The van der Waals surface area contributed by atoms with E-state index in [-0.39, 0.29) is 6.10 Å². The topological polar surface area (TPSA) is 54.9 Å². The number of guanidine groups is 1. The summed E-state index contributed by atoms with van der Waals surface area (Å²) in [6.07, 6.45) is 9.11. The van der Waals surface area contributed by atoms with E-state index >= 15 is 0 Å². The molecule has 0 amide bonds. The third-order valence-electron chi connectivity index (χ3n) is 5.88. The van der Waals surface area contributed by atoms with Gasteiger partial charge in [0.25, 0.3) is 0 Å². The Hall–Kier alpha value is -1.59. The number of ether oxygens (including phenoxy) is 2. The summed E-state index contributed by atoms with van der Waals surface area (Å²) >= 11 is 0. The largest absolute Gasteiger partial charge is 0.378 e. The summed E-state index contributed by atoms with van der Waals surface area (Å²) in [4.78, 5) is 4.37. The van der Waals surface area contributed by atoms with E-state index in [1.54, 1.807) is 0 Å². The molecule has 5 nitrogen and oxygen atoms in total. The average Bonchev–Trinajstić information content (AvgIpc) is 3.24. The molecular weight excluding hydrogens is 350 g/mol. The van der Waals surface area contributed by atoms with Crippen molar-refractivity contribution in [2.24, 2.45) is 10.9 Å². The minimum absolute atomic E-state index is 0.166. The van der Waals surface area contributed by atoms with Crippen molar-refractivity contribution < 1.29 is 9.47 Å². The van der Waals surface area contributed by atoms with E-state index in [0.29, 0.717) is 12.0 Å². The Labute approximate surface area is 170 Å². The van der Waals surface area contributed by atoms with E-state index < -0.39 is 0 Å². The summed E-state index contributed by atoms with van der Waals surface area (Å²) < 4.78 is 12.1. The maximum Gasteiger partial charge on any atom is 0.190 e. The van der Waals surface area contributed by atoms with Crippen molar-refractivity contribution in [1.29, 1.82) is 0 Å². The highest BCUT2D eigenvalue weighted by Crippen LogP contribution is 2.33. The highest BCUT2D eigenvalue weighted by atomic mass is 16.5. The van der Waals surface area contributed by atoms with Crippen molar-refractivity contribution in [3.05, 3.63) is 35.4 Å². The molecule has 1 aliphatic carbocycles. The van der Waals surface area contributed by atoms with E-state index in [4.69, 9.17) is 9.47 Å². The molecule has 2 unspecified atom stereocenters. The number of benzene rings is 1. The zero-order chi connectivity index (χ0) is 19.6. The minimum Gasteiger partial charge on any atom is -0.378 e. The Balaban J connectivity index is 1.39. The van der Waals surface area contributed by atoms with Crippen LogP contribution in [0.5, 0.6) is 0 Å². The van der Waals surface area contributed by atoms with Gasteiger partial charge >= 0.3 is 0 Å². The Kier molecular flexibility index (Phi) is 8.62. The molecule has 1 heterocycles. The molecule has 1 saturated heterocycles. The van der Waals surface area contributed by atoms with Crippen LogP contribution in [0.3, 0.4) is 0 Å². The first-order chi connectivity index (χ1) is 13.8. The van der Waals surface area contributed by atoms with Gasteiger partial charge < -0.3 is 20.1 Å². The van der Waals surface area contributed by atoms with Gasteiger partial charge in [0.1, 0.15) is 0 Å². The zero-order valence-electron chi connectivity index (χ0n) is 17.6. The monoisotopic (exact) mass is 387 g/mol. The van der Waals surface area contributed by atoms with Gasteiger partial charge in [-0.25, -0.2) is 0 Å². The first kappa shape index (κ1) is 21.1. The number of hydrogen-bond donors (Lipinski definition) is 2. The smallest absolute Gasteiger partial charge is 0.190 e. The molecule has 0 aromatic heterocycles. The molecule has 1 aromatic carbocycles. The Morgan fingerprint density at radius 1 is 1.11 bits per heavy atom. The number of rotatable bonds is 8. The second-order valence-electron chi connectivity index (χ2n) is 8.12. The van der Waals surface area contributed by atoms with Gasteiger partial charge in [-0.2, -0.15) is 0 Å². The number of nitrogens with zero attached hydrogens (tertiary/aromatic N) is 1. The lowest BCUT2D eigenvalue weighted by atomic mass is 9.89. The van der Waals surface area contributed by atoms with Gasteiger partial charge in [-0.15, -0.1) is 0 Å². The molecular formula is C23H37N3O2. The molecule has 0 radical (unpaired) electrons. The van der Waals surface area contributed by atoms with Crippen molar-refractivity contribution in [2.45, 2.75) is 64.1 Å². The molecule has 1 aliphatic heterocycles. The van der Waals surface area contributed by atoms with Crippen molar-refractivity contribution in [2.75, 3.05) is 33.4 Å². The molecule has 156 valence electrons. The number of aryl methyl sites for hydroxylation is 1. The fourth-order valence-corrected chi connectivity index (χ4v) is 4.21. The summed E-state index contributed by atoms with van der Waals surface area (Å²) in [7, 11) is 1.83. The van der Waals surface area contributed by atoms with Crippen LogP contribution < -0.4 is 10.6 Å². The lowest BCUT2D eigenvalue weighted by Crippen LogP contribution is -2.42. The van der Waals surface area contributed by atoms with Crippen molar-refractivity contribution in [1.82, 2.24) is 10.6 Å². The number of aliphatic imine (C=N–C) groups is 1. The van der Waals surface area contributed by atoms with Gasteiger partial charge in [0.15, 0.2) is 5.96 Å². The van der Waals surface area contributed by atoms with Crippen LogP contribution >= 0.6 is 0 Å². The Morgan fingerprint density at radius 3 is 2.64 bits per heavy atom. The Bertz CT molecular complexity index is 596. The second kappa shape index (κ2) is 11.4. The predicted octanol–water partition coefficient (Wildman–Crippen LogP) is 3.98. The first-order valence-corrected chi connectivity index (χ1v) is 11.0. The van der Waals surface area contributed by atoms with Gasteiger partial charge in [0.2, 0.25) is 0 Å². The van der Waals surface area contributed by atoms with Crippen LogP contribution in [0, 0.1) is 12.8 Å². The predicted molar refractivity (Wildman–Crippen MR) is 115 cm³/mol. The summed E-state index contributed by atoms with van der Waals surface area (Å²) in [5.41, 5.74) is 2.57. The quantitative estimate of drug-likeness (QED) is 0.402. The lowest BCUT2D eigenvalue weighted by molar-refractivity contribution is -0.0265. The fourth-order valence-electron chi connectivity index (χ4n) is 4.21. The maximum absolute atomic E-state index is 6.13. The standard InChI is InChI=1S/C23H37N3O2/c1-18-10-12-19(13-11-18)22-20(7-5-15-28-22)17-26-23(24-2)25-14-6-16-27-21-8-3-4-9-21/h10-13,20-22H,3-9,14-17H2,1-2H3,(H2,24,25,26). The van der Waals surface area contributed by atoms with Crippen LogP contribution in [0.4, 0.5) is 0 Å². The lowest BCUT2D eigenvalue weighted by Gasteiger charge is -2.32. The number of nitrogens with one attached hydrogen (secondary N) is 2. The van der Waals surface area contributed by atoms with Crippen molar-refractivity contribution in [3.63, 3.8) is 0 Å². The van der Waals surface area contributed by atoms with Crippen molar-refractivity contribution in [3.8, 4) is 0 Å². The fraction of sp³-hybridized carbons (Fsp3) is 0.696. The molecule has 1 saturated carbocycles. The van der Waals surface area contributed by atoms with Crippen LogP contribution in [-0.2, 0) is 9.47 Å². The molecule has 0 spiro atoms. The maximum atomic E-state index is 6.13. The summed E-state index contributed by atoms with van der Waals surface area (Å²) in [5.74, 6) is 1.33. The third kappa shape index (κ3) is 6.49. The van der Waals surface area contributed by atoms with E-state index in [0.717, 1.165) is 45.1 Å². The van der Waals surface area contributed by atoms with Gasteiger partial charge in [-0.3, -0.25) is 4.99 Å². The normalized spacial score (nSPS) is 23.7. The molecule has 1 aromatic rings. The van der Waals surface area contributed by atoms with Crippen LogP contribution in [-0.4, -0.2) is 45.4 Å². The summed E-state index contributed by atoms with van der Waals surface area (Å²) in [6, 6.07) is 8.75. The average molecular weight is 388 g/mol. The van der Waals surface area contributed by atoms with Crippen LogP contribution in [0.25, 0.3) is 0 Å². The second-order valence-corrected chi connectivity index (χ2v) is 8.12. The molecule has 2 fully saturated rings. The van der Waals surface area contributed by atoms with E-state index in [1.807, 2.05) is 7.05 Å². The highest BCUT2D eigenvalue weighted by molar-refractivity contribution is 5.79. The Morgan fingerprint density at radius 2 is 1.89 bits per heavy atom. The van der Waals surface area contributed by atoms with Crippen LogP contribution in [0.15, 0.2) is 29.3 Å². The molecule has 28 heavy (non-hydrogen) atoms. The van der Waals surface area contributed by atoms with Crippen LogP contribution in [0.1, 0.15) is 62.2 Å². The van der Waals surface area contributed by atoms with E-state index in [9.17, 15) is 0 Å². The third-order valence-corrected chi connectivity index (χ3v) is 5.88. The summed E-state index contributed by atoms with van der Waals surface area (Å²) in [6.45, 7) is 5.56. The van der Waals surface area contributed by atoms with Crippen molar-refractivity contribution >= 4 is 5.96 Å². The molecule has 3 rings (SSSR count).